The third kappa shape index (κ3) is 5.94. The second-order valence-corrected chi connectivity index (χ2v) is 9.51. The van der Waals surface area contributed by atoms with Crippen molar-refractivity contribution in [2.45, 2.75) is 13.5 Å². The standard InChI is InChI=1S/C26H19ClIN3O7/c1-2-37-22-13-16(12-21(28)23(22)38-14-15-4-3-5-19(10-15)31(35)36)11-20-24(32)29-26(34)30(25(20)33)18-8-6-17(27)7-9-18/h3-13H,2,14H2,1H3,(H,29,32,34)/b20-11+. The molecule has 1 saturated heterocycles. The van der Waals surface area contributed by atoms with Crippen molar-refractivity contribution in [1.82, 2.24) is 5.32 Å². The van der Waals surface area contributed by atoms with Gasteiger partial charge in [-0.3, -0.25) is 25.0 Å². The second-order valence-electron chi connectivity index (χ2n) is 7.91. The molecule has 4 rings (SSSR count). The van der Waals surface area contributed by atoms with Crippen LogP contribution in [-0.2, 0) is 16.2 Å². The van der Waals surface area contributed by atoms with Crippen molar-refractivity contribution in [3.05, 3.63) is 96.1 Å². The van der Waals surface area contributed by atoms with E-state index in [2.05, 4.69) is 5.32 Å². The van der Waals surface area contributed by atoms with Crippen molar-refractivity contribution in [2.75, 3.05) is 11.5 Å². The molecule has 4 amide bonds. The molecule has 1 aliphatic rings. The molecule has 0 aromatic heterocycles. The predicted molar refractivity (Wildman–Crippen MR) is 148 cm³/mol. The lowest BCUT2D eigenvalue weighted by atomic mass is 10.1. The summed E-state index contributed by atoms with van der Waals surface area (Å²) in [6.07, 6.45) is 1.36. The van der Waals surface area contributed by atoms with Crippen molar-refractivity contribution in [2.24, 2.45) is 0 Å². The number of nitro benzene ring substituents is 1. The number of carbonyl (C=O) groups excluding carboxylic acids is 3. The molecule has 3 aromatic rings. The normalized spacial score (nSPS) is 14.4. The highest BCUT2D eigenvalue weighted by Gasteiger charge is 2.36. The molecule has 38 heavy (non-hydrogen) atoms. The summed E-state index contributed by atoms with van der Waals surface area (Å²) in [7, 11) is 0. The van der Waals surface area contributed by atoms with Crippen LogP contribution >= 0.6 is 34.2 Å². The number of hydrogen-bond donors (Lipinski definition) is 1. The van der Waals surface area contributed by atoms with Gasteiger partial charge in [0, 0.05) is 17.2 Å². The fourth-order valence-corrected chi connectivity index (χ4v) is 4.55. The first-order valence-corrected chi connectivity index (χ1v) is 12.6. The van der Waals surface area contributed by atoms with Gasteiger partial charge in [-0.05, 0) is 83.1 Å². The number of non-ortho nitro benzene ring substituents is 1. The van der Waals surface area contributed by atoms with Crippen LogP contribution in [0.15, 0.2) is 66.2 Å². The van der Waals surface area contributed by atoms with Crippen LogP contribution in [0, 0.1) is 13.7 Å². The number of anilines is 1. The molecule has 0 aliphatic carbocycles. The minimum atomic E-state index is -0.867. The Morgan fingerprint density at radius 3 is 2.50 bits per heavy atom. The lowest BCUT2D eigenvalue weighted by Gasteiger charge is -2.26. The Labute approximate surface area is 235 Å². The molecule has 1 N–H and O–H groups in total. The quantitative estimate of drug-likeness (QED) is 0.113. The molecule has 1 heterocycles. The number of urea groups is 1. The molecule has 0 atom stereocenters. The fourth-order valence-electron chi connectivity index (χ4n) is 3.64. The van der Waals surface area contributed by atoms with E-state index in [0.717, 1.165) is 4.90 Å². The molecular formula is C26H19ClIN3O7. The number of benzene rings is 3. The highest BCUT2D eigenvalue weighted by atomic mass is 127. The van der Waals surface area contributed by atoms with E-state index >= 15 is 0 Å². The molecule has 12 heteroatoms. The fraction of sp³-hybridized carbons (Fsp3) is 0.115. The van der Waals surface area contributed by atoms with E-state index in [-0.39, 0.29) is 23.6 Å². The lowest BCUT2D eigenvalue weighted by Crippen LogP contribution is -2.54. The first kappa shape index (κ1) is 27.1. The average Bonchev–Trinajstić information content (AvgIpc) is 2.87. The molecule has 1 aliphatic heterocycles. The molecule has 194 valence electrons. The van der Waals surface area contributed by atoms with Gasteiger partial charge in [0.05, 0.1) is 20.8 Å². The number of amides is 4. The number of ether oxygens (including phenoxy) is 2. The Morgan fingerprint density at radius 2 is 1.82 bits per heavy atom. The van der Waals surface area contributed by atoms with E-state index in [0.29, 0.717) is 37.8 Å². The number of carbonyl (C=O) groups is 3. The Hall–Kier alpha value is -3.97. The van der Waals surface area contributed by atoms with E-state index < -0.39 is 22.8 Å². The van der Waals surface area contributed by atoms with Crippen LogP contribution in [0.5, 0.6) is 11.5 Å². The lowest BCUT2D eigenvalue weighted by molar-refractivity contribution is -0.384. The van der Waals surface area contributed by atoms with Gasteiger partial charge in [0.1, 0.15) is 12.2 Å². The maximum atomic E-state index is 13.2. The summed E-state index contributed by atoms with van der Waals surface area (Å²) in [6, 6.07) is 14.6. The largest absolute Gasteiger partial charge is 0.490 e. The summed E-state index contributed by atoms with van der Waals surface area (Å²) in [4.78, 5) is 49.6. The predicted octanol–water partition coefficient (Wildman–Crippen LogP) is 5.50. The van der Waals surface area contributed by atoms with Gasteiger partial charge in [-0.2, -0.15) is 0 Å². The molecule has 3 aromatic carbocycles. The zero-order valence-corrected chi connectivity index (χ0v) is 22.7. The van der Waals surface area contributed by atoms with Gasteiger partial charge in [-0.15, -0.1) is 0 Å². The summed E-state index contributed by atoms with van der Waals surface area (Å²) in [5, 5.41) is 13.7. The number of nitrogens with one attached hydrogen (secondary N) is 1. The maximum Gasteiger partial charge on any atom is 0.335 e. The highest BCUT2D eigenvalue weighted by Crippen LogP contribution is 2.36. The smallest absolute Gasteiger partial charge is 0.335 e. The minimum absolute atomic E-state index is 0.0469. The van der Waals surface area contributed by atoms with Crippen LogP contribution in [-0.4, -0.2) is 29.4 Å². The summed E-state index contributed by atoms with van der Waals surface area (Å²) in [6.45, 7) is 2.15. The van der Waals surface area contributed by atoms with Crippen LogP contribution in [0.2, 0.25) is 5.02 Å². The van der Waals surface area contributed by atoms with Gasteiger partial charge in [0.15, 0.2) is 11.5 Å². The summed E-state index contributed by atoms with van der Waals surface area (Å²) in [5.74, 6) is -0.867. The monoisotopic (exact) mass is 647 g/mol. The molecule has 0 bridgehead atoms. The van der Waals surface area contributed by atoms with Crippen LogP contribution < -0.4 is 19.7 Å². The Morgan fingerprint density at radius 1 is 1.08 bits per heavy atom. The van der Waals surface area contributed by atoms with Crippen molar-refractivity contribution in [3.63, 3.8) is 0 Å². The Bertz CT molecular complexity index is 1470. The number of hydrogen-bond acceptors (Lipinski definition) is 7. The number of imide groups is 2. The molecule has 1 fully saturated rings. The SMILES string of the molecule is CCOc1cc(/C=C2\C(=O)NC(=O)N(c3ccc(Cl)cc3)C2=O)cc(I)c1OCc1cccc([N+](=O)[O-])c1. The molecule has 0 unspecified atom stereocenters. The highest BCUT2D eigenvalue weighted by molar-refractivity contribution is 14.1. The maximum absolute atomic E-state index is 13.2. The number of halogens is 2. The molecular weight excluding hydrogens is 629 g/mol. The van der Waals surface area contributed by atoms with Gasteiger partial charge >= 0.3 is 6.03 Å². The first-order chi connectivity index (χ1) is 18.2. The summed E-state index contributed by atoms with van der Waals surface area (Å²) >= 11 is 7.94. The number of nitrogens with zero attached hydrogens (tertiary/aromatic N) is 2. The van der Waals surface area contributed by atoms with Gasteiger partial charge in [0.25, 0.3) is 17.5 Å². The third-order valence-corrected chi connectivity index (χ3v) is 6.39. The molecule has 0 radical (unpaired) electrons. The van der Waals surface area contributed by atoms with E-state index in [1.807, 2.05) is 22.6 Å². The van der Waals surface area contributed by atoms with E-state index in [4.69, 9.17) is 21.1 Å². The van der Waals surface area contributed by atoms with Crippen LogP contribution in [0.4, 0.5) is 16.2 Å². The van der Waals surface area contributed by atoms with Crippen molar-refractivity contribution in [1.29, 1.82) is 0 Å². The van der Waals surface area contributed by atoms with Crippen molar-refractivity contribution in [3.8, 4) is 11.5 Å². The van der Waals surface area contributed by atoms with Crippen LogP contribution in [0.1, 0.15) is 18.1 Å². The molecule has 0 spiro atoms. The third-order valence-electron chi connectivity index (χ3n) is 5.33. The topological polar surface area (TPSA) is 128 Å². The van der Waals surface area contributed by atoms with Crippen molar-refractivity contribution >= 4 is 69.5 Å². The van der Waals surface area contributed by atoms with Crippen molar-refractivity contribution < 1.29 is 28.8 Å². The van der Waals surface area contributed by atoms with E-state index in [9.17, 15) is 24.5 Å². The number of rotatable bonds is 8. The second kappa shape index (κ2) is 11.6. The Kier molecular flexibility index (Phi) is 8.27. The van der Waals surface area contributed by atoms with E-state index in [1.165, 1.54) is 42.5 Å². The molecule has 0 saturated carbocycles. The summed E-state index contributed by atoms with van der Waals surface area (Å²) < 4.78 is 12.3. The zero-order valence-electron chi connectivity index (χ0n) is 19.8. The van der Waals surface area contributed by atoms with Crippen LogP contribution in [0.25, 0.3) is 6.08 Å². The van der Waals surface area contributed by atoms with E-state index in [1.54, 1.807) is 31.2 Å². The van der Waals surface area contributed by atoms with Gasteiger partial charge in [0.2, 0.25) is 0 Å². The summed E-state index contributed by atoms with van der Waals surface area (Å²) in [5.41, 5.74) is 1.02. The molecule has 10 nitrogen and oxygen atoms in total. The van der Waals surface area contributed by atoms with Gasteiger partial charge in [-0.25, -0.2) is 9.69 Å². The number of nitro groups is 1. The first-order valence-electron chi connectivity index (χ1n) is 11.2. The minimum Gasteiger partial charge on any atom is -0.490 e. The van der Waals surface area contributed by atoms with Gasteiger partial charge in [-0.1, -0.05) is 23.7 Å². The van der Waals surface area contributed by atoms with Crippen LogP contribution in [0.3, 0.4) is 0 Å². The average molecular weight is 648 g/mol. The Balaban J connectivity index is 1.64. The number of barbiturate groups is 1. The zero-order chi connectivity index (χ0) is 27.4. The van der Waals surface area contributed by atoms with Gasteiger partial charge < -0.3 is 9.47 Å².